The molecular formula is C19H23NO3. The Labute approximate surface area is 136 Å². The predicted octanol–water partition coefficient (Wildman–Crippen LogP) is 3.93. The average molecular weight is 313 g/mol. The molecule has 1 N–H and O–H groups in total. The number of ether oxygens (including phenoxy) is 1. The molecule has 1 aromatic carbocycles. The van der Waals surface area contributed by atoms with E-state index in [0.29, 0.717) is 11.7 Å². The highest BCUT2D eigenvalue weighted by atomic mass is 16.5. The first-order chi connectivity index (χ1) is 10.8. The zero-order valence-corrected chi connectivity index (χ0v) is 14.1. The summed E-state index contributed by atoms with van der Waals surface area (Å²) in [6.45, 7) is 7.89. The summed E-state index contributed by atoms with van der Waals surface area (Å²) in [5.74, 6) is 0.784. The van der Waals surface area contributed by atoms with Crippen LogP contribution in [0.1, 0.15) is 40.5 Å². The molecule has 2 bridgehead atoms. The molecule has 122 valence electrons. The molecule has 0 radical (unpaired) electrons. The summed E-state index contributed by atoms with van der Waals surface area (Å²) in [6.07, 6.45) is 3.92. The maximum absolute atomic E-state index is 12.7. The first-order valence-electron chi connectivity index (χ1n) is 8.05. The number of benzene rings is 1. The lowest BCUT2D eigenvalue weighted by Gasteiger charge is -2.31. The van der Waals surface area contributed by atoms with E-state index in [1.807, 2.05) is 18.3 Å². The zero-order chi connectivity index (χ0) is 16.8. The molecule has 3 rings (SSSR count). The van der Waals surface area contributed by atoms with Gasteiger partial charge in [-0.05, 0) is 48.4 Å². The van der Waals surface area contributed by atoms with Crippen LogP contribution in [0.15, 0.2) is 36.0 Å². The van der Waals surface area contributed by atoms with Crippen molar-refractivity contribution in [1.82, 2.24) is 0 Å². The van der Waals surface area contributed by atoms with Crippen molar-refractivity contribution in [3.05, 3.63) is 36.0 Å². The van der Waals surface area contributed by atoms with Gasteiger partial charge < -0.3 is 10.1 Å². The largest absolute Gasteiger partial charge is 0.427 e. The number of carbonyl (C=O) groups excluding carboxylic acids is 2. The molecule has 23 heavy (non-hydrogen) atoms. The van der Waals surface area contributed by atoms with E-state index < -0.39 is 0 Å². The summed E-state index contributed by atoms with van der Waals surface area (Å²) in [5.41, 5.74) is 1.57. The third-order valence-electron chi connectivity index (χ3n) is 5.88. The number of hydrogen-bond acceptors (Lipinski definition) is 4. The fraction of sp³-hybridized carbons (Fsp3) is 0.474. The zero-order valence-electron chi connectivity index (χ0n) is 14.1. The van der Waals surface area contributed by atoms with Crippen molar-refractivity contribution in [2.24, 2.45) is 16.7 Å². The number of fused-ring (bicyclic) bond motifs is 2. The van der Waals surface area contributed by atoms with Gasteiger partial charge in [-0.3, -0.25) is 9.59 Å². The number of carbonyl (C=O) groups is 2. The van der Waals surface area contributed by atoms with Crippen LogP contribution in [0.2, 0.25) is 0 Å². The minimum Gasteiger partial charge on any atom is -0.427 e. The molecule has 0 unspecified atom stereocenters. The van der Waals surface area contributed by atoms with Crippen LogP contribution in [0.4, 0.5) is 5.69 Å². The molecule has 0 aliphatic heterocycles. The highest BCUT2D eigenvalue weighted by Crippen LogP contribution is 2.65. The van der Waals surface area contributed by atoms with E-state index in [1.54, 1.807) is 12.1 Å². The SMILES string of the molecule is CC(=O)Oc1ccc(N/C=C2\C(=O)[C@]3(C)CC[C@H]2C3(C)C)cc1. The third-order valence-corrected chi connectivity index (χ3v) is 5.88. The molecule has 0 aromatic heterocycles. The van der Waals surface area contributed by atoms with E-state index in [-0.39, 0.29) is 22.6 Å². The van der Waals surface area contributed by atoms with E-state index in [9.17, 15) is 9.59 Å². The monoisotopic (exact) mass is 313 g/mol. The van der Waals surface area contributed by atoms with Crippen LogP contribution < -0.4 is 10.1 Å². The Bertz CT molecular complexity index is 687. The van der Waals surface area contributed by atoms with Gasteiger partial charge >= 0.3 is 5.97 Å². The summed E-state index contributed by atoms with van der Waals surface area (Å²) in [7, 11) is 0. The smallest absolute Gasteiger partial charge is 0.308 e. The Morgan fingerprint density at radius 2 is 1.91 bits per heavy atom. The van der Waals surface area contributed by atoms with Crippen molar-refractivity contribution in [3.63, 3.8) is 0 Å². The molecule has 1 aromatic rings. The van der Waals surface area contributed by atoms with E-state index in [0.717, 1.165) is 24.1 Å². The second-order valence-electron chi connectivity index (χ2n) is 7.34. The van der Waals surface area contributed by atoms with Gasteiger partial charge in [0.2, 0.25) is 0 Å². The van der Waals surface area contributed by atoms with Crippen LogP contribution in [0.5, 0.6) is 5.75 Å². The number of anilines is 1. The lowest BCUT2D eigenvalue weighted by atomic mass is 9.70. The minimum absolute atomic E-state index is 0.0246. The van der Waals surface area contributed by atoms with E-state index in [2.05, 4.69) is 26.1 Å². The van der Waals surface area contributed by atoms with Gasteiger partial charge in [-0.1, -0.05) is 20.8 Å². The summed E-state index contributed by atoms with van der Waals surface area (Å²) in [6, 6.07) is 7.13. The van der Waals surface area contributed by atoms with Crippen molar-refractivity contribution < 1.29 is 14.3 Å². The van der Waals surface area contributed by atoms with Gasteiger partial charge in [0, 0.05) is 29.8 Å². The molecule has 0 amide bonds. The van der Waals surface area contributed by atoms with Crippen LogP contribution in [0, 0.1) is 16.7 Å². The number of ketones is 1. The van der Waals surface area contributed by atoms with Crippen molar-refractivity contribution >= 4 is 17.4 Å². The average Bonchev–Trinajstić information content (AvgIpc) is 2.79. The Kier molecular flexibility index (Phi) is 3.58. The molecule has 0 spiro atoms. The van der Waals surface area contributed by atoms with Crippen molar-refractivity contribution in [1.29, 1.82) is 0 Å². The van der Waals surface area contributed by atoms with Crippen LogP contribution in [-0.4, -0.2) is 11.8 Å². The van der Waals surface area contributed by atoms with Crippen molar-refractivity contribution in [2.75, 3.05) is 5.32 Å². The third kappa shape index (κ3) is 2.37. The topological polar surface area (TPSA) is 55.4 Å². The van der Waals surface area contributed by atoms with Gasteiger partial charge in [0.1, 0.15) is 5.75 Å². The van der Waals surface area contributed by atoms with Gasteiger partial charge in [-0.15, -0.1) is 0 Å². The van der Waals surface area contributed by atoms with Crippen LogP contribution in [0.25, 0.3) is 0 Å². The van der Waals surface area contributed by atoms with Crippen LogP contribution in [0.3, 0.4) is 0 Å². The number of Topliss-reactive ketones (excluding diaryl/α,β-unsaturated/α-hetero) is 1. The molecular weight excluding hydrogens is 290 g/mol. The lowest BCUT2D eigenvalue weighted by molar-refractivity contribution is -0.132. The number of hydrogen-bond donors (Lipinski definition) is 1. The Balaban J connectivity index is 1.76. The van der Waals surface area contributed by atoms with Gasteiger partial charge in [0.25, 0.3) is 0 Å². The summed E-state index contributed by atoms with van der Waals surface area (Å²) in [4.78, 5) is 23.6. The Morgan fingerprint density at radius 3 is 2.43 bits per heavy atom. The van der Waals surface area contributed by atoms with Crippen LogP contribution in [-0.2, 0) is 9.59 Å². The first kappa shape index (κ1) is 15.8. The molecule has 2 aliphatic rings. The van der Waals surface area contributed by atoms with Crippen molar-refractivity contribution in [3.8, 4) is 5.75 Å². The molecule has 2 fully saturated rings. The predicted molar refractivity (Wildman–Crippen MR) is 89.1 cm³/mol. The fourth-order valence-electron chi connectivity index (χ4n) is 4.04. The standard InChI is InChI=1S/C19H23NO3/c1-12(21)23-14-7-5-13(6-8-14)20-11-15-16-9-10-19(4,17(15)22)18(16,2)3/h5-8,11,16,20H,9-10H2,1-4H3/b15-11-/t16-,19+/m1/s1. The molecule has 2 aliphatic carbocycles. The fourth-order valence-corrected chi connectivity index (χ4v) is 4.04. The second-order valence-corrected chi connectivity index (χ2v) is 7.34. The van der Waals surface area contributed by atoms with E-state index in [4.69, 9.17) is 4.74 Å². The van der Waals surface area contributed by atoms with Gasteiger partial charge in [-0.25, -0.2) is 0 Å². The molecule has 0 saturated heterocycles. The first-order valence-corrected chi connectivity index (χ1v) is 8.05. The molecule has 4 heteroatoms. The highest BCUT2D eigenvalue weighted by molar-refractivity contribution is 6.04. The number of rotatable bonds is 3. The quantitative estimate of drug-likeness (QED) is 0.522. The normalized spacial score (nSPS) is 29.8. The number of esters is 1. The summed E-state index contributed by atoms with van der Waals surface area (Å²) in [5, 5.41) is 3.21. The summed E-state index contributed by atoms with van der Waals surface area (Å²) >= 11 is 0. The number of allylic oxidation sites excluding steroid dienone is 1. The van der Waals surface area contributed by atoms with Crippen LogP contribution >= 0.6 is 0 Å². The van der Waals surface area contributed by atoms with E-state index >= 15 is 0 Å². The van der Waals surface area contributed by atoms with Gasteiger partial charge in [0.15, 0.2) is 5.78 Å². The van der Waals surface area contributed by atoms with Crippen molar-refractivity contribution in [2.45, 2.75) is 40.5 Å². The summed E-state index contributed by atoms with van der Waals surface area (Å²) < 4.78 is 5.01. The van der Waals surface area contributed by atoms with Gasteiger partial charge in [0.05, 0.1) is 0 Å². The maximum Gasteiger partial charge on any atom is 0.308 e. The molecule has 0 heterocycles. The Hall–Kier alpha value is -2.10. The Morgan fingerprint density at radius 1 is 1.26 bits per heavy atom. The molecule has 2 atom stereocenters. The second kappa shape index (κ2) is 5.22. The lowest BCUT2D eigenvalue weighted by Crippen LogP contribution is -2.32. The number of nitrogens with one attached hydrogen (secondary N) is 1. The van der Waals surface area contributed by atoms with Gasteiger partial charge in [-0.2, -0.15) is 0 Å². The highest BCUT2D eigenvalue weighted by Gasteiger charge is 2.63. The van der Waals surface area contributed by atoms with E-state index in [1.165, 1.54) is 6.92 Å². The molecule has 2 saturated carbocycles. The maximum atomic E-state index is 12.7. The minimum atomic E-state index is -0.337. The molecule has 4 nitrogen and oxygen atoms in total.